The van der Waals surface area contributed by atoms with Crippen molar-refractivity contribution < 1.29 is 52.2 Å². The Bertz CT molecular complexity index is 839. The van der Waals surface area contributed by atoms with Gasteiger partial charge in [-0.1, -0.05) is 80.1 Å². The summed E-state index contributed by atoms with van der Waals surface area (Å²) in [6.45, 7) is 18.1. The van der Waals surface area contributed by atoms with E-state index in [0.717, 1.165) is 77.0 Å². The molecule has 2 aliphatic rings. The van der Waals surface area contributed by atoms with Crippen LogP contribution in [0, 0.1) is 0 Å². The van der Waals surface area contributed by atoms with Gasteiger partial charge in [0.1, 0.15) is 48.2 Å². The number of unbranched alkanes of at least 4 members (excludes halogenated alkanes) is 6. The lowest BCUT2D eigenvalue weighted by Crippen LogP contribution is -2.66. The van der Waals surface area contributed by atoms with Gasteiger partial charge in [-0.25, -0.2) is 0 Å². The van der Waals surface area contributed by atoms with E-state index in [1.807, 2.05) is 0 Å². The van der Waals surface area contributed by atoms with Crippen LogP contribution in [0.3, 0.4) is 0 Å². The highest BCUT2D eigenvalue weighted by molar-refractivity contribution is 7.80. The molecule has 0 radical (unpaired) electrons. The zero-order valence-corrected chi connectivity index (χ0v) is 33.2. The maximum atomic E-state index is 12.7. The first kappa shape index (κ1) is 45.6. The first-order chi connectivity index (χ1) is 24.4. The summed E-state index contributed by atoms with van der Waals surface area (Å²) in [5.41, 5.74) is -0.703. The highest BCUT2D eigenvalue weighted by Crippen LogP contribution is 2.36. The molecule has 0 aliphatic carbocycles. The molecule has 0 N–H and O–H groups in total. The van der Waals surface area contributed by atoms with Gasteiger partial charge in [0.05, 0.1) is 13.2 Å². The normalized spacial score (nSPS) is 30.1. The summed E-state index contributed by atoms with van der Waals surface area (Å²) in [5.74, 6) is -0.468. The average molecular weight is 737 g/mol. The van der Waals surface area contributed by atoms with E-state index in [1.165, 1.54) is 6.92 Å². The van der Waals surface area contributed by atoms with Crippen LogP contribution in [0.1, 0.15) is 126 Å². The molecule has 0 aromatic heterocycles. The molecular weight excluding hydrogens is 664 g/mol. The third kappa shape index (κ3) is 16.2. The van der Waals surface area contributed by atoms with Gasteiger partial charge in [-0.15, -0.1) is 12.6 Å². The first-order valence-electron chi connectivity index (χ1n) is 19.8. The monoisotopic (exact) mass is 736 g/mol. The summed E-state index contributed by atoms with van der Waals surface area (Å²) in [5, 5.41) is 0. The molecule has 0 amide bonds. The minimum absolute atomic E-state index is 0.277. The fourth-order valence-electron chi connectivity index (χ4n) is 5.90. The van der Waals surface area contributed by atoms with Crippen LogP contribution >= 0.6 is 12.6 Å². The van der Waals surface area contributed by atoms with Crippen molar-refractivity contribution in [3.8, 4) is 0 Å². The van der Waals surface area contributed by atoms with Crippen molar-refractivity contribution in [3.05, 3.63) is 0 Å². The van der Waals surface area contributed by atoms with Gasteiger partial charge in [0.2, 0.25) is 0 Å². The van der Waals surface area contributed by atoms with Crippen LogP contribution < -0.4 is 0 Å². The van der Waals surface area contributed by atoms with Crippen molar-refractivity contribution in [3.63, 3.8) is 0 Å². The van der Waals surface area contributed by atoms with Gasteiger partial charge in [0, 0.05) is 46.6 Å². The van der Waals surface area contributed by atoms with Gasteiger partial charge in [-0.2, -0.15) is 0 Å². The van der Waals surface area contributed by atoms with Crippen molar-refractivity contribution in [2.45, 2.75) is 186 Å². The molecule has 2 rings (SSSR count). The summed E-state index contributed by atoms with van der Waals surface area (Å²) in [6.07, 6.45) is 5.48. The van der Waals surface area contributed by atoms with E-state index >= 15 is 0 Å². The van der Waals surface area contributed by atoms with E-state index in [0.29, 0.717) is 46.2 Å². The Morgan fingerprint density at radius 3 is 1.32 bits per heavy atom. The van der Waals surface area contributed by atoms with Crippen molar-refractivity contribution in [1.82, 2.24) is 0 Å². The van der Waals surface area contributed by atoms with Gasteiger partial charge in [0.25, 0.3) is 0 Å². The second kappa shape index (κ2) is 28.0. The number of carbonyl (C=O) groups excluding carboxylic acids is 1. The lowest BCUT2D eigenvalue weighted by molar-refractivity contribution is -0.348. The second-order valence-electron chi connectivity index (χ2n) is 13.4. The van der Waals surface area contributed by atoms with Gasteiger partial charge >= 0.3 is 5.97 Å². The van der Waals surface area contributed by atoms with Crippen LogP contribution in [0.5, 0.6) is 0 Å². The van der Waals surface area contributed by atoms with Crippen LogP contribution in [0.2, 0.25) is 0 Å². The molecule has 2 saturated heterocycles. The summed E-state index contributed by atoms with van der Waals surface area (Å²) in [6, 6.07) is 0. The summed E-state index contributed by atoms with van der Waals surface area (Å²) >= 11 is 4.92. The molecule has 10 atom stereocenters. The molecule has 0 spiro atoms. The lowest BCUT2D eigenvalue weighted by atomic mass is 9.96. The van der Waals surface area contributed by atoms with E-state index in [2.05, 4.69) is 41.5 Å². The van der Waals surface area contributed by atoms with Crippen LogP contribution in [0.15, 0.2) is 0 Å². The molecule has 4 unspecified atom stereocenters. The molecule has 0 bridgehead atoms. The predicted molar refractivity (Wildman–Crippen MR) is 197 cm³/mol. The van der Waals surface area contributed by atoms with Crippen molar-refractivity contribution in [2.75, 3.05) is 52.9 Å². The highest BCUT2D eigenvalue weighted by Gasteiger charge is 2.54. The fourth-order valence-corrected chi connectivity index (χ4v) is 6.29. The van der Waals surface area contributed by atoms with Crippen LogP contribution in [0.25, 0.3) is 0 Å². The molecule has 12 heteroatoms. The Kier molecular flexibility index (Phi) is 25.5. The van der Waals surface area contributed by atoms with Gasteiger partial charge < -0.3 is 47.4 Å². The average Bonchev–Trinajstić information content (AvgIpc) is 3.09. The molecule has 50 heavy (non-hydrogen) atoms. The summed E-state index contributed by atoms with van der Waals surface area (Å²) in [7, 11) is 0. The molecule has 2 heterocycles. The zero-order valence-electron chi connectivity index (χ0n) is 32.4. The van der Waals surface area contributed by atoms with Crippen molar-refractivity contribution in [2.24, 2.45) is 0 Å². The number of ether oxygens (including phenoxy) is 10. The SMILES string of the molecule is CCCCOCC1O[C@H](O[C@@H]2C(OCCCC)[C@H](OCCCC)C(COCCCC)O[C@@H]2S)[C@H](OC(C)=O)C(OCCCC)[C@@H]1OCCCC. The second-order valence-corrected chi connectivity index (χ2v) is 13.9. The molecule has 0 saturated carbocycles. The Morgan fingerprint density at radius 1 is 0.520 bits per heavy atom. The Hall–Kier alpha value is -0.540. The molecule has 2 fully saturated rings. The summed E-state index contributed by atoms with van der Waals surface area (Å²) in [4.78, 5) is 12.7. The molecule has 296 valence electrons. The van der Waals surface area contributed by atoms with E-state index in [4.69, 9.17) is 60.0 Å². The van der Waals surface area contributed by atoms with Crippen LogP contribution in [-0.4, -0.2) is 119 Å². The third-order valence-electron chi connectivity index (χ3n) is 8.88. The highest BCUT2D eigenvalue weighted by atomic mass is 32.1. The maximum absolute atomic E-state index is 12.7. The molecule has 2 aliphatic heterocycles. The first-order valence-corrected chi connectivity index (χ1v) is 20.3. The smallest absolute Gasteiger partial charge is 0.303 e. The quantitative estimate of drug-likeness (QED) is 0.0485. The summed E-state index contributed by atoms with van der Waals surface area (Å²) < 4.78 is 64.3. The number of rotatable bonds is 29. The number of hydrogen-bond acceptors (Lipinski definition) is 12. The van der Waals surface area contributed by atoms with E-state index in [1.54, 1.807) is 0 Å². The molecule has 0 aromatic rings. The van der Waals surface area contributed by atoms with Crippen molar-refractivity contribution in [1.29, 1.82) is 0 Å². The lowest BCUT2D eigenvalue weighted by Gasteiger charge is -2.49. The zero-order chi connectivity index (χ0) is 36.6. The third-order valence-corrected chi connectivity index (χ3v) is 9.29. The number of carbonyl (C=O) groups is 1. The fraction of sp³-hybridized carbons (Fsp3) is 0.974. The predicted octanol–water partition coefficient (Wildman–Crippen LogP) is 7.06. The Labute approximate surface area is 309 Å². The Morgan fingerprint density at radius 2 is 0.900 bits per heavy atom. The molecule has 11 nitrogen and oxygen atoms in total. The minimum atomic E-state index is -1.04. The molecular formula is C38H72O11S. The van der Waals surface area contributed by atoms with E-state index < -0.39 is 66.5 Å². The maximum Gasteiger partial charge on any atom is 0.303 e. The van der Waals surface area contributed by atoms with E-state index in [9.17, 15) is 4.79 Å². The number of hydrogen-bond donors (Lipinski definition) is 1. The Balaban J connectivity index is 2.50. The van der Waals surface area contributed by atoms with Crippen LogP contribution in [-0.2, 0) is 52.2 Å². The van der Waals surface area contributed by atoms with E-state index in [-0.39, 0.29) is 6.61 Å². The largest absolute Gasteiger partial charge is 0.454 e. The standard InChI is InChI=1S/C38H72O11S/c1-8-14-20-40-26-29-31(42-22-16-10-3)33(44-24-18-12-5)35(46-28(7)39)37(47-29)49-36-34(45-25-19-13-6)32(43-23-17-11-4)30(48-38(36)50)27-41-21-15-9-2/h29-38,50H,8-27H2,1-7H3/t29?,30?,31-,32-,33?,34?,35-,36-,37-,38-/m1/s1. The van der Waals surface area contributed by atoms with Gasteiger partial charge in [-0.05, 0) is 38.5 Å². The minimum Gasteiger partial charge on any atom is -0.454 e. The van der Waals surface area contributed by atoms with Gasteiger partial charge in [0.15, 0.2) is 12.4 Å². The topological polar surface area (TPSA) is 109 Å². The van der Waals surface area contributed by atoms with Crippen LogP contribution in [0.4, 0.5) is 0 Å². The number of esters is 1. The molecule has 0 aromatic carbocycles. The van der Waals surface area contributed by atoms with Gasteiger partial charge in [-0.3, -0.25) is 4.79 Å². The number of thiol groups is 1. The van der Waals surface area contributed by atoms with Crippen molar-refractivity contribution >= 4 is 18.6 Å².